The number of nitrogens with zero attached hydrogens (tertiary/aromatic N) is 4. The van der Waals surface area contributed by atoms with Crippen LogP contribution in [0.2, 0.25) is 0 Å². The Morgan fingerprint density at radius 1 is 0.848 bits per heavy atom. The van der Waals surface area contributed by atoms with Crippen LogP contribution in [-0.4, -0.2) is 31.3 Å². The van der Waals surface area contributed by atoms with Crippen molar-refractivity contribution in [1.82, 2.24) is 19.1 Å². The molecule has 2 heterocycles. The highest BCUT2D eigenvalue weighted by Gasteiger charge is 2.17. The van der Waals surface area contributed by atoms with E-state index in [0.717, 1.165) is 11.3 Å². The van der Waals surface area contributed by atoms with Gasteiger partial charge in [0.15, 0.2) is 11.6 Å². The highest BCUT2D eigenvalue weighted by Crippen LogP contribution is 2.28. The third-order valence-electron chi connectivity index (χ3n) is 5.02. The summed E-state index contributed by atoms with van der Waals surface area (Å²) in [7, 11) is 1.61. The number of aromatic nitrogens is 4. The minimum Gasteiger partial charge on any atom is -0.388 e. The molecule has 0 saturated heterocycles. The average molecular weight is 588 g/mol. The van der Waals surface area contributed by atoms with E-state index in [-0.39, 0.29) is 30.3 Å². The van der Waals surface area contributed by atoms with Crippen molar-refractivity contribution in [2.45, 2.75) is 53.0 Å². The van der Waals surface area contributed by atoms with E-state index in [2.05, 4.69) is 41.8 Å². The lowest BCUT2D eigenvalue weighted by atomic mass is 10.3. The van der Waals surface area contributed by atoms with Gasteiger partial charge in [-0.3, -0.25) is 0 Å². The molecular formula is C23H26Br2F2N4O2. The van der Waals surface area contributed by atoms with E-state index in [9.17, 15) is 13.9 Å². The van der Waals surface area contributed by atoms with Crippen LogP contribution < -0.4 is 0 Å². The number of methoxy groups -OCH3 is 1. The van der Waals surface area contributed by atoms with Crippen LogP contribution in [0.4, 0.5) is 8.78 Å². The smallest absolute Gasteiger partial charge is 0.152 e. The second-order valence-electron chi connectivity index (χ2n) is 8.09. The molecule has 33 heavy (non-hydrogen) atoms. The maximum absolute atomic E-state index is 13.8. The van der Waals surface area contributed by atoms with Crippen LogP contribution in [0, 0.1) is 11.6 Å². The first-order chi connectivity index (χ1) is 15.6. The van der Waals surface area contributed by atoms with Gasteiger partial charge in [0.1, 0.15) is 35.9 Å². The van der Waals surface area contributed by atoms with Crippen molar-refractivity contribution in [2.24, 2.45) is 0 Å². The number of ether oxygens (including phenoxy) is 1. The number of halogens is 4. The average Bonchev–Trinajstić information content (AvgIpc) is 3.27. The van der Waals surface area contributed by atoms with Crippen molar-refractivity contribution in [3.05, 3.63) is 56.5 Å². The topological polar surface area (TPSA) is 65.1 Å². The molecule has 178 valence electrons. The van der Waals surface area contributed by atoms with E-state index < -0.39 is 0 Å². The van der Waals surface area contributed by atoms with E-state index in [1.807, 2.05) is 49.0 Å². The zero-order chi connectivity index (χ0) is 24.4. The minimum atomic E-state index is -0.376. The molecule has 0 aliphatic rings. The van der Waals surface area contributed by atoms with E-state index in [0.29, 0.717) is 37.9 Å². The molecule has 4 aromatic rings. The number of imidazole rings is 2. The lowest BCUT2D eigenvalue weighted by molar-refractivity contribution is 0.173. The van der Waals surface area contributed by atoms with Crippen LogP contribution in [0.15, 0.2) is 33.2 Å². The fourth-order valence-electron chi connectivity index (χ4n) is 3.83. The van der Waals surface area contributed by atoms with Gasteiger partial charge in [0.05, 0.1) is 11.0 Å². The fourth-order valence-corrected chi connectivity index (χ4v) is 4.67. The molecule has 0 saturated carbocycles. The molecule has 0 atom stereocenters. The molecule has 0 fully saturated rings. The van der Waals surface area contributed by atoms with Gasteiger partial charge in [-0.2, -0.15) is 0 Å². The lowest BCUT2D eigenvalue weighted by Crippen LogP contribution is -2.07. The molecule has 0 spiro atoms. The van der Waals surface area contributed by atoms with Gasteiger partial charge >= 0.3 is 0 Å². The normalized spacial score (nSPS) is 11.6. The first-order valence-corrected chi connectivity index (χ1v) is 12.0. The van der Waals surface area contributed by atoms with Crippen LogP contribution in [0.1, 0.15) is 51.4 Å². The number of hydrogen-bond donors (Lipinski definition) is 1. The molecule has 0 aliphatic carbocycles. The Hall–Kier alpha value is -1.88. The minimum absolute atomic E-state index is 0.126. The number of hydrogen-bond acceptors (Lipinski definition) is 4. The summed E-state index contributed by atoms with van der Waals surface area (Å²) in [6.07, 6.45) is 0. The monoisotopic (exact) mass is 586 g/mol. The summed E-state index contributed by atoms with van der Waals surface area (Å²) in [4.78, 5) is 8.42. The molecule has 0 unspecified atom stereocenters. The Labute approximate surface area is 207 Å². The molecule has 0 radical (unpaired) electrons. The largest absolute Gasteiger partial charge is 0.388 e. The van der Waals surface area contributed by atoms with Gasteiger partial charge in [0, 0.05) is 28.1 Å². The molecule has 4 rings (SSSR count). The summed E-state index contributed by atoms with van der Waals surface area (Å²) < 4.78 is 37.8. The molecule has 6 nitrogen and oxygen atoms in total. The molecule has 0 amide bonds. The summed E-state index contributed by atoms with van der Waals surface area (Å²) in [5, 5.41) is 9.21. The molecule has 10 heteroatoms. The molecule has 1 N–H and O–H groups in total. The maximum atomic E-state index is 13.8. The number of benzene rings is 2. The predicted molar refractivity (Wildman–Crippen MR) is 132 cm³/mol. The third-order valence-corrected chi connectivity index (χ3v) is 5.94. The third kappa shape index (κ3) is 5.29. The Bertz CT molecular complexity index is 1290. The van der Waals surface area contributed by atoms with Gasteiger partial charge in [0.2, 0.25) is 0 Å². The molecular weight excluding hydrogens is 562 g/mol. The van der Waals surface area contributed by atoms with Crippen LogP contribution in [0.3, 0.4) is 0 Å². The number of fused-ring (bicyclic) bond motifs is 2. The van der Waals surface area contributed by atoms with Crippen molar-refractivity contribution < 1.29 is 18.6 Å². The Morgan fingerprint density at radius 3 is 1.67 bits per heavy atom. The maximum Gasteiger partial charge on any atom is 0.152 e. The standard InChI is InChI=1S/C12H14BrFN2O.C11H12BrFN2O/c1-7(2)16-10-5-8(13)4-9(14)12(10)15-11(16)6-17-3;1-6(2)15-9-4-7(12)3-8(13)11(9)14-10(15)5-16/h4-5,7H,6H2,1-3H3;3-4,6,16H,5H2,1-2H3. The second-order valence-corrected chi connectivity index (χ2v) is 9.92. The van der Waals surface area contributed by atoms with Crippen molar-refractivity contribution in [1.29, 1.82) is 0 Å². The first-order valence-electron chi connectivity index (χ1n) is 10.4. The number of rotatable bonds is 5. The van der Waals surface area contributed by atoms with Crippen molar-refractivity contribution in [2.75, 3.05) is 7.11 Å². The summed E-state index contributed by atoms with van der Waals surface area (Å²) in [5.74, 6) is 0.543. The highest BCUT2D eigenvalue weighted by molar-refractivity contribution is 9.10. The number of aliphatic hydroxyl groups excluding tert-OH is 1. The SMILES string of the molecule is CC(C)n1c(CO)nc2c(F)cc(Br)cc21.COCc1nc2c(F)cc(Br)cc2n1C(C)C. The van der Waals surface area contributed by atoms with Crippen molar-refractivity contribution >= 4 is 53.9 Å². The van der Waals surface area contributed by atoms with Crippen LogP contribution >= 0.6 is 31.9 Å². The quantitative estimate of drug-likeness (QED) is 0.283. The van der Waals surface area contributed by atoms with Crippen molar-refractivity contribution in [3.63, 3.8) is 0 Å². The van der Waals surface area contributed by atoms with Gasteiger partial charge in [-0.25, -0.2) is 18.7 Å². The van der Waals surface area contributed by atoms with Gasteiger partial charge < -0.3 is 19.0 Å². The highest BCUT2D eigenvalue weighted by atomic mass is 79.9. The van der Waals surface area contributed by atoms with E-state index in [1.54, 1.807) is 7.11 Å². The van der Waals surface area contributed by atoms with Crippen LogP contribution in [0.25, 0.3) is 22.1 Å². The van der Waals surface area contributed by atoms with Gasteiger partial charge in [-0.05, 0) is 52.0 Å². The van der Waals surface area contributed by atoms with Gasteiger partial charge in [-0.15, -0.1) is 0 Å². The summed E-state index contributed by atoms with van der Waals surface area (Å²) >= 11 is 6.56. The van der Waals surface area contributed by atoms with E-state index >= 15 is 0 Å². The zero-order valence-electron chi connectivity index (χ0n) is 19.0. The lowest BCUT2D eigenvalue weighted by Gasteiger charge is -2.12. The molecule has 0 aliphatic heterocycles. The Kier molecular flexibility index (Phi) is 8.26. The molecule has 2 aromatic carbocycles. The van der Waals surface area contributed by atoms with E-state index in [4.69, 9.17) is 4.74 Å². The Balaban J connectivity index is 0.000000186. The summed E-state index contributed by atoms with van der Waals surface area (Å²) in [6.45, 7) is 8.21. The van der Waals surface area contributed by atoms with Gasteiger partial charge in [0.25, 0.3) is 0 Å². The fraction of sp³-hybridized carbons (Fsp3) is 0.391. The van der Waals surface area contributed by atoms with Crippen molar-refractivity contribution in [3.8, 4) is 0 Å². The summed E-state index contributed by atoms with van der Waals surface area (Å²) in [6, 6.07) is 6.83. The molecule has 0 bridgehead atoms. The first kappa shape index (κ1) is 25.7. The van der Waals surface area contributed by atoms with Crippen LogP contribution in [-0.2, 0) is 18.0 Å². The second kappa shape index (κ2) is 10.6. The Morgan fingerprint density at radius 2 is 1.27 bits per heavy atom. The summed E-state index contributed by atoms with van der Waals surface area (Å²) in [5.41, 5.74) is 2.19. The predicted octanol–water partition coefficient (Wildman–Crippen LogP) is 6.68. The van der Waals surface area contributed by atoms with E-state index in [1.165, 1.54) is 12.1 Å². The number of aliphatic hydroxyl groups is 1. The van der Waals surface area contributed by atoms with Crippen LogP contribution in [0.5, 0.6) is 0 Å². The van der Waals surface area contributed by atoms with Gasteiger partial charge in [-0.1, -0.05) is 31.9 Å². The zero-order valence-corrected chi connectivity index (χ0v) is 22.2. The molecule has 2 aromatic heterocycles.